The quantitative estimate of drug-likeness (QED) is 0.776. The number of nitrogens with two attached hydrogens (primary N) is 1. The highest BCUT2D eigenvalue weighted by atomic mass is 19.1. The molecule has 1 unspecified atom stereocenters. The Morgan fingerprint density at radius 3 is 2.53 bits per heavy atom. The molecule has 0 aliphatic carbocycles. The van der Waals surface area contributed by atoms with E-state index in [0.717, 1.165) is 12.1 Å². The molecule has 0 saturated heterocycles. The molecule has 17 heavy (non-hydrogen) atoms. The van der Waals surface area contributed by atoms with Crippen molar-refractivity contribution in [2.45, 2.75) is 33.2 Å². The summed E-state index contributed by atoms with van der Waals surface area (Å²) in [6.07, 6.45) is 1.03. The van der Waals surface area contributed by atoms with Crippen molar-refractivity contribution in [3.05, 3.63) is 17.9 Å². The van der Waals surface area contributed by atoms with Crippen LogP contribution in [-0.2, 0) is 0 Å². The Bertz CT molecular complexity index is 380. The van der Waals surface area contributed by atoms with E-state index < -0.39 is 5.82 Å². The van der Waals surface area contributed by atoms with Crippen LogP contribution in [0.2, 0.25) is 0 Å². The Labute approximate surface area is 102 Å². The lowest BCUT2D eigenvalue weighted by Gasteiger charge is -2.19. The number of rotatable bonds is 5. The zero-order valence-electron chi connectivity index (χ0n) is 10.9. The van der Waals surface area contributed by atoms with Crippen molar-refractivity contribution in [3.63, 3.8) is 0 Å². The fraction of sp³-hybridized carbons (Fsp3) is 0.538. The van der Waals surface area contributed by atoms with Gasteiger partial charge in [-0.3, -0.25) is 0 Å². The molecular formula is C13H21FN2O. The van der Waals surface area contributed by atoms with E-state index in [1.54, 1.807) is 6.07 Å². The average Bonchev–Trinajstić information content (AvgIpc) is 2.20. The topological polar surface area (TPSA) is 47.3 Å². The average molecular weight is 240 g/mol. The molecule has 0 saturated carbocycles. The fourth-order valence-corrected chi connectivity index (χ4v) is 1.88. The number of hydrogen-bond acceptors (Lipinski definition) is 3. The number of halogens is 1. The number of nitrogen functional groups attached to an aromatic ring is 1. The van der Waals surface area contributed by atoms with Gasteiger partial charge in [0.15, 0.2) is 11.6 Å². The summed E-state index contributed by atoms with van der Waals surface area (Å²) < 4.78 is 18.3. The molecule has 4 heteroatoms. The molecule has 0 aliphatic heterocycles. The first kappa shape index (κ1) is 13.6. The molecule has 3 nitrogen and oxygen atoms in total. The van der Waals surface area contributed by atoms with Crippen molar-refractivity contribution in [3.8, 4) is 5.75 Å². The minimum Gasteiger partial charge on any atom is -0.494 e. The normalized spacial score (nSPS) is 12.6. The summed E-state index contributed by atoms with van der Waals surface area (Å²) >= 11 is 0. The molecule has 96 valence electrons. The lowest BCUT2D eigenvalue weighted by Crippen LogP contribution is -2.18. The lowest BCUT2D eigenvalue weighted by molar-refractivity contribution is 0.387. The first-order valence-corrected chi connectivity index (χ1v) is 5.83. The fourth-order valence-electron chi connectivity index (χ4n) is 1.88. The highest BCUT2D eigenvalue weighted by Gasteiger charge is 2.11. The van der Waals surface area contributed by atoms with Gasteiger partial charge >= 0.3 is 0 Å². The molecule has 0 amide bonds. The van der Waals surface area contributed by atoms with E-state index >= 15 is 0 Å². The number of anilines is 2. The number of methoxy groups -OCH3 is 1. The number of benzene rings is 1. The molecule has 0 aromatic heterocycles. The monoisotopic (exact) mass is 240 g/mol. The van der Waals surface area contributed by atoms with E-state index in [1.165, 1.54) is 13.2 Å². The van der Waals surface area contributed by atoms with Crippen LogP contribution in [0, 0.1) is 11.7 Å². The number of ether oxygens (including phenoxy) is 1. The summed E-state index contributed by atoms with van der Waals surface area (Å²) in [5.74, 6) is 0.367. The van der Waals surface area contributed by atoms with Crippen LogP contribution >= 0.6 is 0 Å². The Morgan fingerprint density at radius 1 is 1.35 bits per heavy atom. The summed E-state index contributed by atoms with van der Waals surface area (Å²) in [7, 11) is 1.44. The molecule has 0 radical (unpaired) electrons. The Balaban J connectivity index is 2.83. The third-order valence-corrected chi connectivity index (χ3v) is 2.55. The maximum Gasteiger partial charge on any atom is 0.167 e. The van der Waals surface area contributed by atoms with Gasteiger partial charge in [-0.1, -0.05) is 13.8 Å². The van der Waals surface area contributed by atoms with Gasteiger partial charge in [0.2, 0.25) is 0 Å². The van der Waals surface area contributed by atoms with Gasteiger partial charge in [-0.15, -0.1) is 0 Å². The van der Waals surface area contributed by atoms with Crippen molar-refractivity contribution in [1.82, 2.24) is 0 Å². The van der Waals surface area contributed by atoms with Gasteiger partial charge in [0.25, 0.3) is 0 Å². The predicted octanol–water partition coefficient (Wildman–Crippen LogP) is 3.26. The largest absolute Gasteiger partial charge is 0.494 e. The molecule has 0 heterocycles. The molecule has 0 bridgehead atoms. The maximum absolute atomic E-state index is 13.3. The molecule has 3 N–H and O–H groups in total. The van der Waals surface area contributed by atoms with Gasteiger partial charge < -0.3 is 15.8 Å². The highest BCUT2D eigenvalue weighted by molar-refractivity contribution is 5.68. The van der Waals surface area contributed by atoms with E-state index in [-0.39, 0.29) is 11.8 Å². The second kappa shape index (κ2) is 5.75. The summed E-state index contributed by atoms with van der Waals surface area (Å²) in [5, 5.41) is 3.27. The molecule has 0 aliphatic rings. The minimum absolute atomic E-state index is 0.207. The van der Waals surface area contributed by atoms with Gasteiger partial charge in [-0.05, 0) is 19.3 Å². The standard InChI is InChI=1S/C13H21FN2O/c1-8(2)5-9(3)16-12-7-13(17-4)10(14)6-11(12)15/h6-9,16H,5,15H2,1-4H3. The van der Waals surface area contributed by atoms with Gasteiger partial charge in [-0.25, -0.2) is 4.39 Å². The first-order chi connectivity index (χ1) is 7.93. The zero-order chi connectivity index (χ0) is 13.0. The van der Waals surface area contributed by atoms with Gasteiger partial charge in [0.05, 0.1) is 18.5 Å². The van der Waals surface area contributed by atoms with Gasteiger partial charge in [0, 0.05) is 18.2 Å². The second-order valence-electron chi connectivity index (χ2n) is 4.75. The van der Waals surface area contributed by atoms with E-state index in [2.05, 4.69) is 26.1 Å². The third kappa shape index (κ3) is 3.80. The SMILES string of the molecule is COc1cc(NC(C)CC(C)C)c(N)cc1F. The first-order valence-electron chi connectivity index (χ1n) is 5.83. The highest BCUT2D eigenvalue weighted by Crippen LogP contribution is 2.28. The Morgan fingerprint density at radius 2 is 2.00 bits per heavy atom. The zero-order valence-corrected chi connectivity index (χ0v) is 10.9. The molecule has 1 rings (SSSR count). The molecule has 1 atom stereocenters. The van der Waals surface area contributed by atoms with Crippen molar-refractivity contribution < 1.29 is 9.13 Å². The van der Waals surface area contributed by atoms with Crippen LogP contribution in [0.3, 0.4) is 0 Å². The van der Waals surface area contributed by atoms with E-state index in [4.69, 9.17) is 10.5 Å². The van der Waals surface area contributed by atoms with Crippen LogP contribution in [0.25, 0.3) is 0 Å². The van der Waals surface area contributed by atoms with Crippen LogP contribution in [0.15, 0.2) is 12.1 Å². The van der Waals surface area contributed by atoms with Crippen LogP contribution in [0.4, 0.5) is 15.8 Å². The predicted molar refractivity (Wildman–Crippen MR) is 69.9 cm³/mol. The Hall–Kier alpha value is -1.45. The number of nitrogens with one attached hydrogen (secondary N) is 1. The maximum atomic E-state index is 13.3. The molecular weight excluding hydrogens is 219 g/mol. The van der Waals surface area contributed by atoms with Gasteiger partial charge in [-0.2, -0.15) is 0 Å². The van der Waals surface area contributed by atoms with Crippen LogP contribution < -0.4 is 15.8 Å². The minimum atomic E-state index is -0.438. The summed E-state index contributed by atoms with van der Waals surface area (Å²) in [6, 6.07) is 3.16. The van der Waals surface area contributed by atoms with Crippen molar-refractivity contribution in [1.29, 1.82) is 0 Å². The van der Waals surface area contributed by atoms with Crippen LogP contribution in [-0.4, -0.2) is 13.2 Å². The van der Waals surface area contributed by atoms with Crippen molar-refractivity contribution >= 4 is 11.4 Å². The Kier molecular flexibility index (Phi) is 4.61. The van der Waals surface area contributed by atoms with E-state index in [1.807, 2.05) is 0 Å². The molecule has 0 fully saturated rings. The number of hydrogen-bond donors (Lipinski definition) is 2. The second-order valence-corrected chi connectivity index (χ2v) is 4.75. The van der Waals surface area contributed by atoms with Crippen molar-refractivity contribution in [2.24, 2.45) is 5.92 Å². The summed E-state index contributed by atoms with van der Waals surface area (Å²) in [5.41, 5.74) is 6.89. The molecule has 0 spiro atoms. The summed E-state index contributed by atoms with van der Waals surface area (Å²) in [4.78, 5) is 0. The van der Waals surface area contributed by atoms with Crippen LogP contribution in [0.5, 0.6) is 5.75 Å². The van der Waals surface area contributed by atoms with E-state index in [0.29, 0.717) is 11.6 Å². The smallest absolute Gasteiger partial charge is 0.167 e. The van der Waals surface area contributed by atoms with E-state index in [9.17, 15) is 4.39 Å². The van der Waals surface area contributed by atoms with Crippen molar-refractivity contribution in [2.75, 3.05) is 18.2 Å². The lowest BCUT2D eigenvalue weighted by atomic mass is 10.0. The molecule has 1 aromatic rings. The summed E-state index contributed by atoms with van der Waals surface area (Å²) in [6.45, 7) is 6.40. The van der Waals surface area contributed by atoms with Crippen LogP contribution in [0.1, 0.15) is 27.2 Å². The van der Waals surface area contributed by atoms with Gasteiger partial charge in [0.1, 0.15) is 0 Å². The molecule has 1 aromatic carbocycles. The third-order valence-electron chi connectivity index (χ3n) is 2.55.